The highest BCUT2D eigenvalue weighted by Gasteiger charge is 2.29. The molecule has 3 rings (SSSR count). The van der Waals surface area contributed by atoms with E-state index in [2.05, 4.69) is 10.0 Å². The molecule has 8 heteroatoms. The number of nitrogens with zero attached hydrogens (tertiary/aromatic N) is 1. The molecule has 1 aliphatic rings. The summed E-state index contributed by atoms with van der Waals surface area (Å²) >= 11 is 0. The van der Waals surface area contributed by atoms with E-state index in [0.717, 1.165) is 11.3 Å². The first-order valence-corrected chi connectivity index (χ1v) is 11.6. The summed E-state index contributed by atoms with van der Waals surface area (Å²) in [4.78, 5) is 27.3. The highest BCUT2D eigenvalue weighted by molar-refractivity contribution is 7.89. The quantitative estimate of drug-likeness (QED) is 0.738. The van der Waals surface area contributed by atoms with Gasteiger partial charge >= 0.3 is 0 Å². The van der Waals surface area contributed by atoms with Crippen molar-refractivity contribution in [1.29, 1.82) is 0 Å². The van der Waals surface area contributed by atoms with Crippen molar-refractivity contribution in [3.05, 3.63) is 59.7 Å². The van der Waals surface area contributed by atoms with Gasteiger partial charge in [0.25, 0.3) is 5.91 Å². The van der Waals surface area contributed by atoms with E-state index in [-0.39, 0.29) is 29.2 Å². The molecule has 0 aliphatic carbocycles. The molecule has 160 valence electrons. The number of likely N-dealkylation sites (tertiary alicyclic amines) is 1. The number of amides is 2. The van der Waals surface area contributed by atoms with Gasteiger partial charge in [0.2, 0.25) is 15.9 Å². The number of para-hydroxylation sites is 1. The number of aryl methyl sites for hydroxylation is 1. The van der Waals surface area contributed by atoms with E-state index < -0.39 is 10.0 Å². The minimum Gasteiger partial charge on any atom is -0.339 e. The first-order valence-electron chi connectivity index (χ1n) is 10.1. The van der Waals surface area contributed by atoms with Crippen LogP contribution in [0.1, 0.15) is 35.7 Å². The van der Waals surface area contributed by atoms with Crippen LogP contribution in [0.2, 0.25) is 0 Å². The van der Waals surface area contributed by atoms with Crippen molar-refractivity contribution in [3.63, 3.8) is 0 Å². The van der Waals surface area contributed by atoms with Gasteiger partial charge in [-0.2, -0.15) is 0 Å². The molecule has 1 aliphatic heterocycles. The molecule has 0 bridgehead atoms. The van der Waals surface area contributed by atoms with Gasteiger partial charge in [0.15, 0.2) is 0 Å². The van der Waals surface area contributed by atoms with E-state index in [1.54, 1.807) is 24.8 Å². The van der Waals surface area contributed by atoms with Crippen molar-refractivity contribution >= 4 is 27.5 Å². The fraction of sp³-hybridized carbons (Fsp3) is 0.364. The van der Waals surface area contributed by atoms with Gasteiger partial charge in [-0.25, -0.2) is 13.1 Å². The van der Waals surface area contributed by atoms with Gasteiger partial charge in [0, 0.05) is 36.8 Å². The number of anilines is 1. The van der Waals surface area contributed by atoms with Gasteiger partial charge in [-0.1, -0.05) is 31.2 Å². The molecule has 0 radical (unpaired) electrons. The molecule has 0 unspecified atom stereocenters. The summed E-state index contributed by atoms with van der Waals surface area (Å²) in [6.07, 6.45) is 1.14. The van der Waals surface area contributed by atoms with Crippen molar-refractivity contribution < 1.29 is 18.0 Å². The van der Waals surface area contributed by atoms with Crippen molar-refractivity contribution in [1.82, 2.24) is 9.62 Å². The van der Waals surface area contributed by atoms with Crippen LogP contribution in [0.25, 0.3) is 0 Å². The number of hydrogen-bond acceptors (Lipinski definition) is 4. The Labute approximate surface area is 177 Å². The molecule has 1 saturated heterocycles. The lowest BCUT2D eigenvalue weighted by Crippen LogP contribution is -2.41. The Balaban J connectivity index is 1.66. The first-order chi connectivity index (χ1) is 14.3. The summed E-state index contributed by atoms with van der Waals surface area (Å²) in [5.74, 6) is -0.401. The molecule has 2 amide bonds. The lowest BCUT2D eigenvalue weighted by molar-refractivity contribution is -0.121. The molecular weight excluding hydrogens is 402 g/mol. The number of hydrogen-bond donors (Lipinski definition) is 2. The van der Waals surface area contributed by atoms with Gasteiger partial charge in [0.05, 0.1) is 4.90 Å². The highest BCUT2D eigenvalue weighted by Crippen LogP contribution is 2.23. The van der Waals surface area contributed by atoms with E-state index >= 15 is 0 Å². The molecule has 7 nitrogen and oxygen atoms in total. The maximum absolute atomic E-state index is 13.0. The van der Waals surface area contributed by atoms with Crippen molar-refractivity contribution in [2.75, 3.05) is 25.0 Å². The number of benzene rings is 2. The predicted octanol–water partition coefficient (Wildman–Crippen LogP) is 2.78. The van der Waals surface area contributed by atoms with Crippen LogP contribution in [0.3, 0.4) is 0 Å². The molecule has 30 heavy (non-hydrogen) atoms. The van der Waals surface area contributed by atoms with Crippen LogP contribution in [0.5, 0.6) is 0 Å². The van der Waals surface area contributed by atoms with E-state index in [9.17, 15) is 18.0 Å². The fourth-order valence-corrected chi connectivity index (χ4v) is 4.62. The maximum Gasteiger partial charge on any atom is 0.254 e. The molecule has 0 saturated carbocycles. The Morgan fingerprint density at radius 2 is 1.73 bits per heavy atom. The van der Waals surface area contributed by atoms with E-state index in [1.165, 1.54) is 12.1 Å². The number of sulfonamides is 1. The summed E-state index contributed by atoms with van der Waals surface area (Å²) < 4.78 is 27.0. The zero-order valence-electron chi connectivity index (χ0n) is 17.2. The van der Waals surface area contributed by atoms with Gasteiger partial charge in [-0.05, 0) is 49.6 Å². The van der Waals surface area contributed by atoms with E-state index in [1.807, 2.05) is 30.3 Å². The lowest BCUT2D eigenvalue weighted by atomic mass is 9.95. The number of nitrogens with one attached hydrogen (secondary N) is 2. The first kappa shape index (κ1) is 22.0. The monoisotopic (exact) mass is 429 g/mol. The molecule has 0 spiro atoms. The molecule has 2 aromatic rings. The Morgan fingerprint density at radius 1 is 1.07 bits per heavy atom. The third-order valence-corrected chi connectivity index (χ3v) is 6.82. The second-order valence-electron chi connectivity index (χ2n) is 7.40. The van der Waals surface area contributed by atoms with Crippen LogP contribution in [-0.4, -0.2) is 44.8 Å². The summed E-state index contributed by atoms with van der Waals surface area (Å²) in [7, 11) is -3.64. The average molecular weight is 430 g/mol. The van der Waals surface area contributed by atoms with Gasteiger partial charge in [-0.15, -0.1) is 0 Å². The second kappa shape index (κ2) is 9.40. The zero-order valence-corrected chi connectivity index (χ0v) is 18.0. The number of rotatable bonds is 6. The normalized spacial score (nSPS) is 15.1. The van der Waals surface area contributed by atoms with Gasteiger partial charge in [0.1, 0.15) is 0 Å². The van der Waals surface area contributed by atoms with Crippen LogP contribution in [0.4, 0.5) is 5.69 Å². The molecule has 2 N–H and O–H groups in total. The highest BCUT2D eigenvalue weighted by atomic mass is 32.2. The summed E-state index contributed by atoms with van der Waals surface area (Å²) in [6, 6.07) is 13.9. The number of carbonyl (C=O) groups is 2. The van der Waals surface area contributed by atoms with Crippen LogP contribution in [-0.2, 0) is 14.8 Å². The molecule has 0 atom stereocenters. The average Bonchev–Trinajstić information content (AvgIpc) is 2.74. The molecule has 1 heterocycles. The number of piperidine rings is 1. The minimum absolute atomic E-state index is 0.0387. The van der Waals surface area contributed by atoms with Crippen molar-refractivity contribution in [2.45, 2.75) is 31.6 Å². The largest absolute Gasteiger partial charge is 0.339 e. The zero-order chi connectivity index (χ0) is 21.7. The van der Waals surface area contributed by atoms with Gasteiger partial charge in [-0.3, -0.25) is 9.59 Å². The van der Waals surface area contributed by atoms with E-state index in [4.69, 9.17) is 0 Å². The van der Waals surface area contributed by atoms with Crippen molar-refractivity contribution in [3.8, 4) is 0 Å². The topological polar surface area (TPSA) is 95.6 Å². The Morgan fingerprint density at radius 3 is 2.37 bits per heavy atom. The molecular formula is C22H27N3O4S. The summed E-state index contributed by atoms with van der Waals surface area (Å²) in [6.45, 7) is 4.68. The Bertz CT molecular complexity index is 1010. The maximum atomic E-state index is 13.0. The second-order valence-corrected chi connectivity index (χ2v) is 9.17. The van der Waals surface area contributed by atoms with Crippen LogP contribution >= 0.6 is 0 Å². The Hall–Kier alpha value is -2.71. The molecule has 2 aromatic carbocycles. The third-order valence-electron chi connectivity index (χ3n) is 5.28. The number of carbonyl (C=O) groups excluding carboxylic acids is 2. The molecule has 0 aromatic heterocycles. The van der Waals surface area contributed by atoms with E-state index in [0.29, 0.717) is 31.5 Å². The smallest absolute Gasteiger partial charge is 0.254 e. The van der Waals surface area contributed by atoms with Crippen LogP contribution in [0.15, 0.2) is 53.4 Å². The lowest BCUT2D eigenvalue weighted by Gasteiger charge is -2.31. The summed E-state index contributed by atoms with van der Waals surface area (Å²) in [5.41, 5.74) is 1.86. The van der Waals surface area contributed by atoms with Crippen LogP contribution < -0.4 is 10.0 Å². The standard InChI is InChI=1S/C22H27N3O4S/c1-3-23-30(28,29)19-10-9-16(2)20(15-19)22(27)25-13-11-17(12-14-25)21(26)24-18-7-5-4-6-8-18/h4-10,15,17,23H,3,11-14H2,1-2H3,(H,24,26). The van der Waals surface area contributed by atoms with Crippen LogP contribution in [0, 0.1) is 12.8 Å². The fourth-order valence-electron chi connectivity index (χ4n) is 3.55. The van der Waals surface area contributed by atoms with Crippen molar-refractivity contribution in [2.24, 2.45) is 5.92 Å². The minimum atomic E-state index is -3.64. The Kier molecular flexibility index (Phi) is 6.89. The predicted molar refractivity (Wildman–Crippen MR) is 116 cm³/mol. The SMILES string of the molecule is CCNS(=O)(=O)c1ccc(C)c(C(=O)N2CCC(C(=O)Nc3ccccc3)CC2)c1. The molecule has 1 fully saturated rings. The summed E-state index contributed by atoms with van der Waals surface area (Å²) in [5, 5.41) is 2.92. The third kappa shape index (κ3) is 5.06. The van der Waals surface area contributed by atoms with Gasteiger partial charge < -0.3 is 10.2 Å².